The Morgan fingerprint density at radius 1 is 0.676 bits per heavy atom. The zero-order chi connectivity index (χ0) is 24.3. The summed E-state index contributed by atoms with van der Waals surface area (Å²) in [6, 6.07) is 13.2. The van der Waals surface area contributed by atoms with E-state index in [1.54, 1.807) is 18.2 Å². The standard InChI is InChI=1S/C18H11N5O9S.Na/c24-21(25)14-10-16(22(26)27)18(17(11-14)23(28)29)19-20(12-4-2-1-3-5-12)13-6-8-15(9-7-13)33(30,31)32;/h1-11H;/q;+1. The van der Waals surface area contributed by atoms with E-state index in [0.717, 1.165) is 16.8 Å². The van der Waals surface area contributed by atoms with Crippen LogP contribution in [0.15, 0.2) is 76.7 Å². The molecule has 0 heterocycles. The van der Waals surface area contributed by atoms with E-state index in [0.29, 0.717) is 12.1 Å². The number of nitro groups is 3. The van der Waals surface area contributed by atoms with Gasteiger partial charge in [0, 0.05) is 29.4 Å². The van der Waals surface area contributed by atoms with Crippen LogP contribution in [-0.2, 0) is 10.1 Å². The number of non-ortho nitro benzene ring substituents is 1. The van der Waals surface area contributed by atoms with Crippen LogP contribution in [0.3, 0.4) is 0 Å². The van der Waals surface area contributed by atoms with Crippen LogP contribution < -0.4 is 34.3 Å². The van der Waals surface area contributed by atoms with Gasteiger partial charge in [-0.1, -0.05) is 18.2 Å². The Kier molecular flexibility index (Phi) is 8.25. The molecule has 0 amide bonds. The van der Waals surface area contributed by atoms with Gasteiger partial charge in [0.1, 0.15) is 10.1 Å². The Labute approximate surface area is 212 Å². The molecule has 0 aliphatic carbocycles. The van der Waals surface area contributed by atoms with Crippen molar-refractivity contribution in [2.75, 3.05) is 0 Å². The molecule has 0 aliphatic heterocycles. The van der Waals surface area contributed by atoms with Crippen LogP contribution in [0.4, 0.5) is 34.1 Å². The molecule has 3 aromatic rings. The normalized spacial score (nSPS) is 11.4. The summed E-state index contributed by atoms with van der Waals surface area (Å²) in [5, 5.41) is 38.2. The molecular formula is C18H11N5NaO9S+. The van der Waals surface area contributed by atoms with E-state index in [-0.39, 0.29) is 40.9 Å². The molecule has 0 aromatic heterocycles. The van der Waals surface area contributed by atoms with Gasteiger partial charge in [-0.3, -0.25) is 30.3 Å². The van der Waals surface area contributed by atoms with E-state index in [2.05, 4.69) is 5.11 Å². The van der Waals surface area contributed by atoms with Gasteiger partial charge in [-0.25, -0.2) is 8.42 Å². The molecule has 0 spiro atoms. The first-order chi connectivity index (χ1) is 15.5. The predicted octanol–water partition coefficient (Wildman–Crippen LogP) is 0.938. The number of nitrogens with zero attached hydrogens (tertiary/aromatic N) is 5. The molecule has 0 fully saturated rings. The minimum atomic E-state index is -4.76. The minimum absolute atomic E-state index is 0. The number of rotatable bonds is 7. The Bertz CT molecular complexity index is 1380. The monoisotopic (exact) mass is 496 g/mol. The van der Waals surface area contributed by atoms with Crippen molar-refractivity contribution in [3.8, 4) is 0 Å². The molecule has 16 heteroatoms. The summed E-state index contributed by atoms with van der Waals surface area (Å²) in [5.41, 5.74) is -3.28. The van der Waals surface area contributed by atoms with Crippen molar-refractivity contribution in [1.82, 2.24) is 4.70 Å². The fraction of sp³-hybridized carbons (Fsp3) is 0. The smallest absolute Gasteiger partial charge is 0.744 e. The maximum Gasteiger partial charge on any atom is 1.00 e. The minimum Gasteiger partial charge on any atom is -0.744 e. The van der Waals surface area contributed by atoms with Crippen molar-refractivity contribution < 1.29 is 57.3 Å². The number of hydrogen-bond donors (Lipinski definition) is 0. The first-order valence-electron chi connectivity index (χ1n) is 8.73. The largest absolute Gasteiger partial charge is 1.00 e. The summed E-state index contributed by atoms with van der Waals surface area (Å²) in [4.78, 5) is 30.6. The van der Waals surface area contributed by atoms with E-state index < -0.39 is 52.5 Å². The molecule has 0 N–H and O–H groups in total. The maximum absolute atomic E-state index is 11.6. The first-order valence-corrected chi connectivity index (χ1v) is 10.1. The van der Waals surface area contributed by atoms with Crippen LogP contribution in [0.1, 0.15) is 0 Å². The number of para-hydroxylation sites is 1. The van der Waals surface area contributed by atoms with Crippen LogP contribution in [0.25, 0.3) is 0 Å². The summed E-state index contributed by atoms with van der Waals surface area (Å²) in [7, 11) is -4.76. The van der Waals surface area contributed by atoms with E-state index >= 15 is 0 Å². The first kappa shape index (κ1) is 26.6. The molecule has 0 bridgehead atoms. The van der Waals surface area contributed by atoms with Gasteiger partial charge in [-0.05, 0) is 16.8 Å². The van der Waals surface area contributed by atoms with Crippen molar-refractivity contribution in [3.63, 3.8) is 0 Å². The van der Waals surface area contributed by atoms with E-state index in [4.69, 9.17) is 0 Å². The van der Waals surface area contributed by atoms with Crippen LogP contribution in [0.5, 0.6) is 0 Å². The number of hydrogen-bond acceptors (Lipinski definition) is 10. The van der Waals surface area contributed by atoms with Crippen molar-refractivity contribution in [2.24, 2.45) is 5.11 Å². The third-order valence-electron chi connectivity index (χ3n) is 4.23. The average Bonchev–Trinajstić information content (AvgIpc) is 2.76. The number of nitro benzene ring substituents is 3. The molecule has 3 aromatic carbocycles. The second-order valence-corrected chi connectivity index (χ2v) is 7.68. The Hall–Kier alpha value is -3.63. The van der Waals surface area contributed by atoms with Crippen LogP contribution >= 0.6 is 0 Å². The van der Waals surface area contributed by atoms with E-state index in [1.165, 1.54) is 24.3 Å². The molecule has 0 radical (unpaired) electrons. The topological polar surface area (TPSA) is 202 Å². The van der Waals surface area contributed by atoms with E-state index in [1.807, 2.05) is 0 Å². The number of benzene rings is 3. The summed E-state index contributed by atoms with van der Waals surface area (Å²) in [6.07, 6.45) is 0. The maximum atomic E-state index is 11.6. The molecule has 34 heavy (non-hydrogen) atoms. The van der Waals surface area contributed by atoms with Crippen LogP contribution in [0, 0.1) is 30.3 Å². The zero-order valence-electron chi connectivity index (χ0n) is 17.2. The Balaban J connectivity index is 0.00000408. The third kappa shape index (κ3) is 5.83. The van der Waals surface area contributed by atoms with Crippen molar-refractivity contribution in [3.05, 3.63) is 97.1 Å². The molecule has 168 valence electrons. The quantitative estimate of drug-likeness (QED) is 0.114. The second kappa shape index (κ2) is 10.5. The van der Waals surface area contributed by atoms with Gasteiger partial charge in [0.2, 0.25) is 11.4 Å². The summed E-state index contributed by atoms with van der Waals surface area (Å²) in [5.74, 6) is 0. The third-order valence-corrected chi connectivity index (χ3v) is 5.08. The molecular weight excluding hydrogens is 485 g/mol. The summed E-state index contributed by atoms with van der Waals surface area (Å²) >= 11 is 0. The molecule has 0 saturated heterocycles. The Morgan fingerprint density at radius 3 is 1.56 bits per heavy atom. The fourth-order valence-electron chi connectivity index (χ4n) is 2.76. The summed E-state index contributed by atoms with van der Waals surface area (Å²) in [6.45, 7) is 0. The SMILES string of the molecule is O=[N+]([O-])c1cc([N+](=O)[O-])c(N=[N+](c2ccccc2)c2ccc(S(=O)(=O)[O-])cc2)c([N+](=O)[O-])c1.[Na+]. The van der Waals surface area contributed by atoms with Crippen LogP contribution in [-0.4, -0.2) is 27.7 Å². The van der Waals surface area contributed by atoms with Crippen molar-refractivity contribution in [1.29, 1.82) is 0 Å². The predicted molar refractivity (Wildman–Crippen MR) is 111 cm³/mol. The number of azo groups is 2. The summed E-state index contributed by atoms with van der Waals surface area (Å²) < 4.78 is 34.6. The average molecular weight is 496 g/mol. The van der Waals surface area contributed by atoms with Gasteiger partial charge in [-0.15, -0.1) is 0 Å². The Morgan fingerprint density at radius 2 is 1.15 bits per heavy atom. The van der Waals surface area contributed by atoms with Gasteiger partial charge in [0.25, 0.3) is 11.4 Å². The van der Waals surface area contributed by atoms with Crippen LogP contribution in [0.2, 0.25) is 0 Å². The van der Waals surface area contributed by atoms with Crippen molar-refractivity contribution >= 4 is 44.2 Å². The van der Waals surface area contributed by atoms with Gasteiger partial charge in [0.15, 0.2) is 0 Å². The molecule has 14 nitrogen and oxygen atoms in total. The zero-order valence-corrected chi connectivity index (χ0v) is 20.0. The van der Waals surface area contributed by atoms with Crippen molar-refractivity contribution in [2.45, 2.75) is 4.90 Å². The van der Waals surface area contributed by atoms with Gasteiger partial charge >= 0.3 is 40.9 Å². The van der Waals surface area contributed by atoms with E-state index in [9.17, 15) is 43.3 Å². The fourth-order valence-corrected chi connectivity index (χ4v) is 3.23. The van der Waals surface area contributed by atoms with Gasteiger partial charge in [0.05, 0.1) is 31.8 Å². The van der Waals surface area contributed by atoms with Gasteiger partial charge < -0.3 is 4.55 Å². The van der Waals surface area contributed by atoms with Gasteiger partial charge in [-0.2, -0.15) is 0 Å². The molecule has 3 rings (SSSR count). The molecule has 0 saturated carbocycles. The molecule has 0 unspecified atom stereocenters. The second-order valence-electron chi connectivity index (χ2n) is 6.30. The molecule has 0 aliphatic rings. The molecule has 0 atom stereocenters.